The van der Waals surface area contributed by atoms with Gasteiger partial charge in [0.1, 0.15) is 6.61 Å². The Kier molecular flexibility index (Phi) is 3.54. The van der Waals surface area contributed by atoms with Crippen LogP contribution in [0.2, 0.25) is 0 Å². The number of carbonyl (C=O) groups is 1. The summed E-state index contributed by atoms with van der Waals surface area (Å²) in [6.45, 7) is 4.37. The van der Waals surface area contributed by atoms with Gasteiger partial charge in [0.25, 0.3) is 0 Å². The average molecular weight is 315 g/mol. The predicted molar refractivity (Wildman–Crippen MR) is 98.1 cm³/mol. The molecule has 4 aromatic rings. The largest absolute Gasteiger partial charge is 0.461 e. The lowest BCUT2D eigenvalue weighted by atomic mass is 10.0. The summed E-state index contributed by atoms with van der Waals surface area (Å²) < 4.78 is 7.39. The molecule has 3 aromatic carbocycles. The fraction of sp³-hybridized carbons (Fsp3) is 0.0952. The van der Waals surface area contributed by atoms with Gasteiger partial charge in [0.05, 0.1) is 6.54 Å². The van der Waals surface area contributed by atoms with Crippen molar-refractivity contribution < 1.29 is 9.53 Å². The van der Waals surface area contributed by atoms with Gasteiger partial charge in [0.2, 0.25) is 0 Å². The highest BCUT2D eigenvalue weighted by atomic mass is 16.5. The van der Waals surface area contributed by atoms with Gasteiger partial charge in [-0.25, -0.2) is 4.79 Å². The van der Waals surface area contributed by atoms with E-state index in [9.17, 15) is 4.79 Å². The molecule has 0 bridgehead atoms. The van der Waals surface area contributed by atoms with E-state index in [2.05, 4.69) is 65.7 Å². The molecule has 0 atom stereocenters. The molecule has 0 aliphatic heterocycles. The van der Waals surface area contributed by atoms with Crippen molar-refractivity contribution in [3.63, 3.8) is 0 Å². The fourth-order valence-electron chi connectivity index (χ4n) is 3.36. The first-order chi connectivity index (χ1) is 11.8. The lowest BCUT2D eigenvalue weighted by molar-refractivity contribution is -0.137. The Bertz CT molecular complexity index is 1080. The van der Waals surface area contributed by atoms with Crippen LogP contribution in [0.15, 0.2) is 73.3 Å². The van der Waals surface area contributed by atoms with Gasteiger partial charge in [-0.05, 0) is 22.9 Å². The maximum Gasteiger partial charge on any atom is 0.330 e. The SMILES string of the molecule is C=CC(=O)OCCn1c2ccccc2c2c3ccccc3ccc21. The van der Waals surface area contributed by atoms with E-state index in [1.54, 1.807) is 0 Å². The molecule has 24 heavy (non-hydrogen) atoms. The first-order valence-electron chi connectivity index (χ1n) is 7.97. The zero-order valence-electron chi connectivity index (χ0n) is 13.2. The maximum atomic E-state index is 11.3. The molecule has 0 amide bonds. The van der Waals surface area contributed by atoms with Crippen molar-refractivity contribution >= 4 is 38.5 Å². The molecule has 0 aliphatic carbocycles. The number of carbonyl (C=O) groups excluding carboxylic acids is 1. The minimum atomic E-state index is -0.388. The molecule has 3 nitrogen and oxygen atoms in total. The summed E-state index contributed by atoms with van der Waals surface area (Å²) in [5.41, 5.74) is 2.31. The minimum absolute atomic E-state index is 0.325. The first-order valence-corrected chi connectivity index (χ1v) is 7.97. The number of hydrogen-bond acceptors (Lipinski definition) is 2. The Morgan fingerprint density at radius 1 is 0.958 bits per heavy atom. The van der Waals surface area contributed by atoms with Crippen molar-refractivity contribution in [3.05, 3.63) is 73.3 Å². The Hall–Kier alpha value is -3.07. The van der Waals surface area contributed by atoms with E-state index < -0.39 is 0 Å². The molecule has 3 heteroatoms. The molecule has 0 aliphatic rings. The van der Waals surface area contributed by atoms with E-state index in [4.69, 9.17) is 4.74 Å². The van der Waals surface area contributed by atoms with Gasteiger partial charge in [0, 0.05) is 27.9 Å². The van der Waals surface area contributed by atoms with Crippen LogP contribution in [0.4, 0.5) is 0 Å². The number of ether oxygens (including phenoxy) is 1. The number of hydrogen-bond donors (Lipinski definition) is 0. The zero-order chi connectivity index (χ0) is 16.5. The third-order valence-corrected chi connectivity index (χ3v) is 4.39. The smallest absolute Gasteiger partial charge is 0.330 e. The van der Waals surface area contributed by atoms with E-state index in [1.807, 2.05) is 6.07 Å². The van der Waals surface area contributed by atoms with Gasteiger partial charge >= 0.3 is 5.97 Å². The summed E-state index contributed by atoms with van der Waals surface area (Å²) in [7, 11) is 0. The van der Waals surface area contributed by atoms with Crippen LogP contribution in [0.1, 0.15) is 0 Å². The lowest BCUT2D eigenvalue weighted by Gasteiger charge is -2.08. The van der Waals surface area contributed by atoms with Gasteiger partial charge in [-0.1, -0.05) is 55.1 Å². The molecule has 4 rings (SSSR count). The topological polar surface area (TPSA) is 31.2 Å². The van der Waals surface area contributed by atoms with E-state index in [-0.39, 0.29) is 5.97 Å². The van der Waals surface area contributed by atoms with Crippen LogP contribution in [-0.2, 0) is 16.1 Å². The Morgan fingerprint density at radius 2 is 1.71 bits per heavy atom. The number of para-hydroxylation sites is 1. The number of aromatic nitrogens is 1. The maximum absolute atomic E-state index is 11.3. The van der Waals surface area contributed by atoms with E-state index in [1.165, 1.54) is 27.6 Å². The van der Waals surface area contributed by atoms with Gasteiger partial charge < -0.3 is 9.30 Å². The van der Waals surface area contributed by atoms with Crippen molar-refractivity contribution in [2.24, 2.45) is 0 Å². The average Bonchev–Trinajstić information content (AvgIpc) is 2.96. The van der Waals surface area contributed by atoms with Crippen LogP contribution in [-0.4, -0.2) is 17.1 Å². The molecule has 0 spiro atoms. The van der Waals surface area contributed by atoms with Crippen LogP contribution >= 0.6 is 0 Å². The Balaban J connectivity index is 1.93. The third-order valence-electron chi connectivity index (χ3n) is 4.39. The molecule has 1 heterocycles. The second-order valence-corrected chi connectivity index (χ2v) is 5.72. The first kappa shape index (κ1) is 14.5. The summed E-state index contributed by atoms with van der Waals surface area (Å²) in [5, 5.41) is 4.94. The molecule has 1 aromatic heterocycles. The highest BCUT2D eigenvalue weighted by molar-refractivity contribution is 6.20. The summed E-state index contributed by atoms with van der Waals surface area (Å²) in [5.74, 6) is -0.388. The highest BCUT2D eigenvalue weighted by Gasteiger charge is 2.12. The molecular weight excluding hydrogens is 298 g/mol. The lowest BCUT2D eigenvalue weighted by Crippen LogP contribution is -2.09. The summed E-state index contributed by atoms with van der Waals surface area (Å²) in [6.07, 6.45) is 1.19. The Morgan fingerprint density at radius 3 is 2.54 bits per heavy atom. The van der Waals surface area contributed by atoms with E-state index >= 15 is 0 Å². The fourth-order valence-corrected chi connectivity index (χ4v) is 3.36. The molecule has 0 radical (unpaired) electrons. The Labute approximate surface area is 139 Å². The number of benzene rings is 3. The highest BCUT2D eigenvalue weighted by Crippen LogP contribution is 2.34. The number of fused-ring (bicyclic) bond motifs is 5. The standard InChI is InChI=1S/C21H17NO2/c1-2-20(23)24-14-13-22-18-10-6-5-9-17(18)21-16-8-4-3-7-15(16)11-12-19(21)22/h2-12H,1,13-14H2. The van der Waals surface area contributed by atoms with Gasteiger partial charge in [0.15, 0.2) is 0 Å². The van der Waals surface area contributed by atoms with Crippen LogP contribution in [0.3, 0.4) is 0 Å². The number of esters is 1. The molecule has 0 N–H and O–H groups in total. The quantitative estimate of drug-likeness (QED) is 0.404. The van der Waals surface area contributed by atoms with Crippen molar-refractivity contribution in [1.82, 2.24) is 4.57 Å². The zero-order valence-corrected chi connectivity index (χ0v) is 13.2. The van der Waals surface area contributed by atoms with Crippen molar-refractivity contribution in [3.8, 4) is 0 Å². The number of nitrogens with zero attached hydrogens (tertiary/aromatic N) is 1. The van der Waals surface area contributed by atoms with Crippen LogP contribution < -0.4 is 0 Å². The second-order valence-electron chi connectivity index (χ2n) is 5.72. The van der Waals surface area contributed by atoms with Crippen molar-refractivity contribution in [2.75, 3.05) is 6.61 Å². The molecule has 118 valence electrons. The van der Waals surface area contributed by atoms with Gasteiger partial charge in [-0.3, -0.25) is 0 Å². The van der Waals surface area contributed by atoms with Crippen molar-refractivity contribution in [1.29, 1.82) is 0 Å². The van der Waals surface area contributed by atoms with E-state index in [0.717, 1.165) is 11.0 Å². The van der Waals surface area contributed by atoms with Crippen LogP contribution in [0.25, 0.3) is 32.6 Å². The van der Waals surface area contributed by atoms with E-state index in [0.29, 0.717) is 13.2 Å². The van der Waals surface area contributed by atoms with Crippen LogP contribution in [0.5, 0.6) is 0 Å². The van der Waals surface area contributed by atoms with Gasteiger partial charge in [-0.2, -0.15) is 0 Å². The predicted octanol–water partition coefficient (Wildman–Crippen LogP) is 4.68. The van der Waals surface area contributed by atoms with Crippen LogP contribution in [0, 0.1) is 0 Å². The van der Waals surface area contributed by atoms with Crippen molar-refractivity contribution in [2.45, 2.75) is 6.54 Å². The molecule has 0 unspecified atom stereocenters. The van der Waals surface area contributed by atoms with Gasteiger partial charge in [-0.15, -0.1) is 0 Å². The summed E-state index contributed by atoms with van der Waals surface area (Å²) in [4.78, 5) is 11.3. The molecule has 0 saturated carbocycles. The molecule has 0 fully saturated rings. The molecule has 0 saturated heterocycles. The summed E-state index contributed by atoms with van der Waals surface area (Å²) in [6, 6.07) is 21.1. The normalized spacial score (nSPS) is 11.2. The summed E-state index contributed by atoms with van der Waals surface area (Å²) >= 11 is 0. The monoisotopic (exact) mass is 315 g/mol. The third kappa shape index (κ3) is 2.26. The molecular formula is C21H17NO2. The number of rotatable bonds is 4. The minimum Gasteiger partial charge on any atom is -0.461 e. The second kappa shape index (κ2) is 5.85.